The summed E-state index contributed by atoms with van der Waals surface area (Å²) in [6.07, 6.45) is 0.322. The summed E-state index contributed by atoms with van der Waals surface area (Å²) in [6.45, 7) is 5.65. The van der Waals surface area contributed by atoms with Crippen LogP contribution in [0.1, 0.15) is 24.6 Å². The molecule has 0 saturated carbocycles. The van der Waals surface area contributed by atoms with E-state index in [0.717, 1.165) is 23.6 Å². The summed E-state index contributed by atoms with van der Waals surface area (Å²) >= 11 is 0. The number of benzene rings is 1. The van der Waals surface area contributed by atoms with Crippen LogP contribution in [0.5, 0.6) is 5.75 Å². The minimum absolute atomic E-state index is 0. The molecule has 0 atom stereocenters. The highest BCUT2D eigenvalue weighted by Crippen LogP contribution is 2.11. The Hall–Kier alpha value is -2.36. The van der Waals surface area contributed by atoms with Crippen LogP contribution in [0.4, 0.5) is 5.82 Å². The molecule has 0 bridgehead atoms. The number of rotatable bonds is 8. The van der Waals surface area contributed by atoms with Crippen molar-refractivity contribution in [3.63, 3.8) is 0 Å². The summed E-state index contributed by atoms with van der Waals surface area (Å²) in [5, 5.41) is 9.15. The molecular weight excluding hydrogens is 469 g/mol. The zero-order valence-corrected chi connectivity index (χ0v) is 18.8. The molecule has 1 amide bonds. The number of pyridine rings is 1. The standard InChI is InChI=1S/C20H27N5O2.HI/c1-4-21-20(23-14-16-8-10-17(27-3)11-9-16)22-13-12-19(26)25-18-7-5-6-15(2)24-18;/h5-11H,4,12-14H2,1-3H3,(H2,21,22,23)(H,24,25,26);1H. The molecule has 8 heteroatoms. The lowest BCUT2D eigenvalue weighted by Crippen LogP contribution is -2.38. The molecule has 152 valence electrons. The molecule has 0 aliphatic rings. The molecule has 0 radical (unpaired) electrons. The van der Waals surface area contributed by atoms with Crippen LogP contribution in [0.15, 0.2) is 47.5 Å². The third kappa shape index (κ3) is 8.55. The maximum absolute atomic E-state index is 12.0. The largest absolute Gasteiger partial charge is 0.497 e. The lowest BCUT2D eigenvalue weighted by molar-refractivity contribution is -0.116. The van der Waals surface area contributed by atoms with Gasteiger partial charge in [-0.25, -0.2) is 9.98 Å². The van der Waals surface area contributed by atoms with Crippen molar-refractivity contribution in [1.82, 2.24) is 15.6 Å². The number of aliphatic imine (C=N–C) groups is 1. The molecule has 1 aromatic heterocycles. The third-order valence-corrected chi connectivity index (χ3v) is 3.72. The molecular formula is C20H28IN5O2. The number of guanidine groups is 1. The number of hydrogen-bond acceptors (Lipinski definition) is 4. The second-order valence-electron chi connectivity index (χ2n) is 5.93. The lowest BCUT2D eigenvalue weighted by atomic mass is 10.2. The summed E-state index contributed by atoms with van der Waals surface area (Å²) < 4.78 is 5.16. The highest BCUT2D eigenvalue weighted by Gasteiger charge is 2.04. The van der Waals surface area contributed by atoms with E-state index in [0.29, 0.717) is 31.3 Å². The maximum atomic E-state index is 12.0. The Morgan fingerprint density at radius 3 is 2.54 bits per heavy atom. The van der Waals surface area contributed by atoms with E-state index in [1.54, 1.807) is 13.2 Å². The first kappa shape index (κ1) is 23.7. The molecule has 7 nitrogen and oxygen atoms in total. The Labute approximate surface area is 183 Å². The number of hydrogen-bond donors (Lipinski definition) is 3. The van der Waals surface area contributed by atoms with Crippen molar-refractivity contribution < 1.29 is 9.53 Å². The Kier molecular flexibility index (Phi) is 10.9. The summed E-state index contributed by atoms with van der Waals surface area (Å²) in [7, 11) is 1.64. The quantitative estimate of drug-likeness (QED) is 0.297. The van der Waals surface area contributed by atoms with Gasteiger partial charge in [-0.05, 0) is 43.7 Å². The number of nitrogens with zero attached hydrogens (tertiary/aromatic N) is 2. The van der Waals surface area contributed by atoms with Crippen molar-refractivity contribution in [2.45, 2.75) is 26.8 Å². The van der Waals surface area contributed by atoms with E-state index in [2.05, 4.69) is 25.9 Å². The van der Waals surface area contributed by atoms with Crippen molar-refractivity contribution in [2.75, 3.05) is 25.5 Å². The van der Waals surface area contributed by atoms with Gasteiger partial charge in [-0.2, -0.15) is 0 Å². The topological polar surface area (TPSA) is 87.6 Å². The molecule has 0 unspecified atom stereocenters. The maximum Gasteiger partial charge on any atom is 0.227 e. The van der Waals surface area contributed by atoms with Crippen LogP contribution in [0.3, 0.4) is 0 Å². The molecule has 1 aromatic carbocycles. The number of amides is 1. The molecule has 2 rings (SSSR count). The van der Waals surface area contributed by atoms with E-state index >= 15 is 0 Å². The first-order chi connectivity index (χ1) is 13.1. The van der Waals surface area contributed by atoms with Gasteiger partial charge in [0.15, 0.2) is 5.96 Å². The molecule has 2 aromatic rings. The van der Waals surface area contributed by atoms with Gasteiger partial charge in [-0.3, -0.25) is 4.79 Å². The summed E-state index contributed by atoms with van der Waals surface area (Å²) in [6, 6.07) is 13.3. The number of ether oxygens (including phenoxy) is 1. The summed E-state index contributed by atoms with van der Waals surface area (Å²) in [5.74, 6) is 1.98. The van der Waals surface area contributed by atoms with Gasteiger partial charge in [-0.15, -0.1) is 24.0 Å². The average Bonchev–Trinajstić information content (AvgIpc) is 2.66. The molecule has 0 aliphatic carbocycles. The fraction of sp³-hybridized carbons (Fsp3) is 0.350. The van der Waals surface area contributed by atoms with Gasteiger partial charge in [0, 0.05) is 25.2 Å². The van der Waals surface area contributed by atoms with Gasteiger partial charge >= 0.3 is 0 Å². The Bertz CT molecular complexity index is 765. The number of methoxy groups -OCH3 is 1. The van der Waals surface area contributed by atoms with Crippen molar-refractivity contribution in [2.24, 2.45) is 4.99 Å². The van der Waals surface area contributed by atoms with E-state index in [1.165, 1.54) is 0 Å². The van der Waals surface area contributed by atoms with E-state index in [4.69, 9.17) is 4.74 Å². The smallest absolute Gasteiger partial charge is 0.227 e. The molecule has 0 fully saturated rings. The normalized spacial score (nSPS) is 10.6. The predicted molar refractivity (Wildman–Crippen MR) is 123 cm³/mol. The van der Waals surface area contributed by atoms with Crippen LogP contribution < -0.4 is 20.7 Å². The fourth-order valence-corrected chi connectivity index (χ4v) is 2.36. The summed E-state index contributed by atoms with van der Waals surface area (Å²) in [4.78, 5) is 20.8. The summed E-state index contributed by atoms with van der Waals surface area (Å²) in [5.41, 5.74) is 1.95. The second-order valence-corrected chi connectivity index (χ2v) is 5.93. The number of nitrogens with one attached hydrogen (secondary N) is 3. The number of aryl methyl sites for hydroxylation is 1. The van der Waals surface area contributed by atoms with E-state index in [-0.39, 0.29) is 29.9 Å². The third-order valence-electron chi connectivity index (χ3n) is 3.72. The average molecular weight is 497 g/mol. The van der Waals surface area contributed by atoms with Crippen LogP contribution in [0.25, 0.3) is 0 Å². The zero-order chi connectivity index (χ0) is 19.5. The van der Waals surface area contributed by atoms with E-state index in [1.807, 2.05) is 50.2 Å². The van der Waals surface area contributed by atoms with Crippen molar-refractivity contribution in [1.29, 1.82) is 0 Å². The number of anilines is 1. The van der Waals surface area contributed by atoms with E-state index < -0.39 is 0 Å². The van der Waals surface area contributed by atoms with Crippen LogP contribution in [-0.4, -0.2) is 37.1 Å². The highest BCUT2D eigenvalue weighted by atomic mass is 127. The van der Waals surface area contributed by atoms with Gasteiger partial charge in [0.1, 0.15) is 11.6 Å². The van der Waals surface area contributed by atoms with Crippen molar-refractivity contribution in [3.8, 4) is 5.75 Å². The number of carbonyl (C=O) groups excluding carboxylic acids is 1. The predicted octanol–water partition coefficient (Wildman–Crippen LogP) is 3.10. The SMILES string of the molecule is CCNC(=NCc1ccc(OC)cc1)NCCC(=O)Nc1cccc(C)n1.I. The van der Waals surface area contributed by atoms with Crippen molar-refractivity contribution in [3.05, 3.63) is 53.7 Å². The number of halogens is 1. The van der Waals surface area contributed by atoms with Gasteiger partial charge in [0.05, 0.1) is 13.7 Å². The molecule has 1 heterocycles. The van der Waals surface area contributed by atoms with Crippen LogP contribution in [0.2, 0.25) is 0 Å². The van der Waals surface area contributed by atoms with Gasteiger partial charge in [0.2, 0.25) is 5.91 Å². The van der Waals surface area contributed by atoms with Crippen LogP contribution >= 0.6 is 24.0 Å². The minimum Gasteiger partial charge on any atom is -0.497 e. The Morgan fingerprint density at radius 2 is 1.89 bits per heavy atom. The first-order valence-corrected chi connectivity index (χ1v) is 8.99. The molecule has 3 N–H and O–H groups in total. The highest BCUT2D eigenvalue weighted by molar-refractivity contribution is 14.0. The number of carbonyl (C=O) groups is 1. The Balaban J connectivity index is 0.00000392. The lowest BCUT2D eigenvalue weighted by Gasteiger charge is -2.11. The van der Waals surface area contributed by atoms with Crippen molar-refractivity contribution >= 4 is 41.7 Å². The monoisotopic (exact) mass is 497 g/mol. The van der Waals surface area contributed by atoms with Gasteiger partial charge in [0.25, 0.3) is 0 Å². The zero-order valence-electron chi connectivity index (χ0n) is 16.5. The first-order valence-electron chi connectivity index (χ1n) is 8.99. The van der Waals surface area contributed by atoms with Gasteiger partial charge < -0.3 is 20.7 Å². The minimum atomic E-state index is -0.0911. The Morgan fingerprint density at radius 1 is 1.14 bits per heavy atom. The molecule has 0 saturated heterocycles. The molecule has 0 aliphatic heterocycles. The fourth-order valence-electron chi connectivity index (χ4n) is 2.36. The van der Waals surface area contributed by atoms with E-state index in [9.17, 15) is 4.79 Å². The number of aromatic nitrogens is 1. The molecule has 28 heavy (non-hydrogen) atoms. The molecule has 0 spiro atoms. The van der Waals surface area contributed by atoms with Crippen LogP contribution in [-0.2, 0) is 11.3 Å². The van der Waals surface area contributed by atoms with Gasteiger partial charge in [-0.1, -0.05) is 18.2 Å². The van der Waals surface area contributed by atoms with Crippen LogP contribution in [0, 0.1) is 6.92 Å². The second kappa shape index (κ2) is 12.9.